The topological polar surface area (TPSA) is 66.9 Å². The first-order chi connectivity index (χ1) is 10.5. The van der Waals surface area contributed by atoms with E-state index in [4.69, 9.17) is 0 Å². The second-order valence-corrected chi connectivity index (χ2v) is 5.26. The zero-order chi connectivity index (χ0) is 16.1. The van der Waals surface area contributed by atoms with Crippen molar-refractivity contribution in [2.45, 2.75) is 13.8 Å². The van der Waals surface area contributed by atoms with E-state index in [1.165, 1.54) is 12.1 Å². The highest BCUT2D eigenvalue weighted by molar-refractivity contribution is 5.83. The summed E-state index contributed by atoms with van der Waals surface area (Å²) < 4.78 is 0. The molecule has 0 aromatic heterocycles. The van der Waals surface area contributed by atoms with Gasteiger partial charge in [-0.05, 0) is 34.8 Å². The second-order valence-electron chi connectivity index (χ2n) is 5.26. The Hall–Kier alpha value is -2.93. The summed E-state index contributed by atoms with van der Waals surface area (Å²) in [6, 6.07) is 8.26. The molecule has 1 aromatic rings. The van der Waals surface area contributed by atoms with Gasteiger partial charge in [0, 0.05) is 12.1 Å². The Bertz CT molecular complexity index is 742. The maximum atomic E-state index is 10.7. The van der Waals surface area contributed by atoms with Crippen LogP contribution in [0.25, 0.3) is 5.57 Å². The Morgan fingerprint density at radius 3 is 2.36 bits per heavy atom. The fourth-order valence-corrected chi connectivity index (χ4v) is 2.16. The molecule has 2 rings (SSSR count). The largest absolute Gasteiger partial charge is 0.269 e. The number of hydrogen-bond acceptors (Lipinski definition) is 3. The Morgan fingerprint density at radius 1 is 1.18 bits per heavy atom. The van der Waals surface area contributed by atoms with Crippen molar-refractivity contribution in [2.75, 3.05) is 0 Å². The van der Waals surface area contributed by atoms with Gasteiger partial charge < -0.3 is 0 Å². The van der Waals surface area contributed by atoms with E-state index in [1.807, 2.05) is 30.4 Å². The summed E-state index contributed by atoms with van der Waals surface area (Å²) in [6.45, 7) is 4.19. The van der Waals surface area contributed by atoms with Gasteiger partial charge in [0.15, 0.2) is 0 Å². The van der Waals surface area contributed by atoms with Crippen molar-refractivity contribution < 1.29 is 4.92 Å². The van der Waals surface area contributed by atoms with E-state index < -0.39 is 4.92 Å². The average Bonchev–Trinajstić information content (AvgIpc) is 2.75. The zero-order valence-corrected chi connectivity index (χ0v) is 12.5. The summed E-state index contributed by atoms with van der Waals surface area (Å²) in [5, 5.41) is 20.2. The normalized spacial score (nSPS) is 16.0. The summed E-state index contributed by atoms with van der Waals surface area (Å²) in [5.74, 6) is 0.350. The SMILES string of the molecule is CC(C)C1=C/C(=C(/C#N)c2ccc([N+](=O)[O-])cc2)C=CC=C1. The lowest BCUT2D eigenvalue weighted by Crippen LogP contribution is -1.93. The lowest BCUT2D eigenvalue weighted by Gasteiger charge is -2.07. The van der Waals surface area contributed by atoms with Gasteiger partial charge in [-0.15, -0.1) is 0 Å². The predicted octanol–water partition coefficient (Wildman–Crippen LogP) is 4.58. The first kappa shape index (κ1) is 15.5. The third-order valence-electron chi connectivity index (χ3n) is 3.43. The predicted molar refractivity (Wildman–Crippen MR) is 86.8 cm³/mol. The average molecular weight is 292 g/mol. The molecule has 0 saturated carbocycles. The molecule has 110 valence electrons. The molecule has 0 amide bonds. The van der Waals surface area contributed by atoms with Gasteiger partial charge in [0.1, 0.15) is 6.07 Å². The molecule has 0 unspecified atom stereocenters. The second kappa shape index (κ2) is 6.68. The Kier molecular flexibility index (Phi) is 4.70. The molecule has 0 spiro atoms. The third kappa shape index (κ3) is 3.39. The number of nitriles is 1. The molecule has 4 nitrogen and oxygen atoms in total. The van der Waals surface area contributed by atoms with E-state index in [0.29, 0.717) is 17.1 Å². The lowest BCUT2D eigenvalue weighted by molar-refractivity contribution is -0.384. The minimum absolute atomic E-state index is 0.0162. The van der Waals surface area contributed by atoms with Crippen LogP contribution in [0.15, 0.2) is 65.8 Å². The monoisotopic (exact) mass is 292 g/mol. The van der Waals surface area contributed by atoms with Crippen molar-refractivity contribution in [2.24, 2.45) is 5.92 Å². The summed E-state index contributed by atoms with van der Waals surface area (Å²) in [6.07, 6.45) is 9.74. The highest BCUT2D eigenvalue weighted by atomic mass is 16.6. The Balaban J connectivity index is 2.52. The van der Waals surface area contributed by atoms with Crippen molar-refractivity contribution in [1.82, 2.24) is 0 Å². The first-order valence-electron chi connectivity index (χ1n) is 6.98. The maximum absolute atomic E-state index is 10.7. The molecule has 1 aliphatic rings. The fraction of sp³-hybridized carbons (Fsp3) is 0.167. The summed E-state index contributed by atoms with van der Waals surface area (Å²) in [7, 11) is 0. The fourth-order valence-electron chi connectivity index (χ4n) is 2.16. The molecule has 0 radical (unpaired) electrons. The van der Waals surface area contributed by atoms with Crippen LogP contribution in [0, 0.1) is 27.4 Å². The summed E-state index contributed by atoms with van der Waals surface area (Å²) >= 11 is 0. The van der Waals surface area contributed by atoms with Gasteiger partial charge in [-0.2, -0.15) is 5.26 Å². The first-order valence-corrected chi connectivity index (χ1v) is 6.98. The van der Waals surface area contributed by atoms with Crippen LogP contribution >= 0.6 is 0 Å². The van der Waals surface area contributed by atoms with Crippen LogP contribution in [0.2, 0.25) is 0 Å². The molecule has 0 N–H and O–H groups in total. The number of allylic oxidation sites excluding steroid dienone is 8. The molecule has 1 aromatic carbocycles. The van der Waals surface area contributed by atoms with E-state index in [0.717, 1.165) is 11.1 Å². The number of nitro groups is 1. The zero-order valence-electron chi connectivity index (χ0n) is 12.5. The van der Waals surface area contributed by atoms with Gasteiger partial charge in [-0.1, -0.05) is 44.2 Å². The van der Waals surface area contributed by atoms with Crippen molar-refractivity contribution in [3.8, 4) is 6.07 Å². The van der Waals surface area contributed by atoms with Gasteiger partial charge in [-0.25, -0.2) is 0 Å². The molecule has 0 saturated heterocycles. The van der Waals surface area contributed by atoms with Crippen molar-refractivity contribution in [3.63, 3.8) is 0 Å². The molecule has 4 heteroatoms. The number of hydrogen-bond donors (Lipinski definition) is 0. The quantitative estimate of drug-likeness (QED) is 0.465. The minimum atomic E-state index is -0.449. The highest BCUT2D eigenvalue weighted by Crippen LogP contribution is 2.26. The standard InChI is InChI=1S/C18H16N2O2/c1-13(2)15-5-3-4-6-16(11-15)18(12-19)14-7-9-17(10-8-14)20(21)22/h3-11,13H,1-2H3/b18-16-. The summed E-state index contributed by atoms with van der Waals surface area (Å²) in [5.41, 5.74) is 3.14. The lowest BCUT2D eigenvalue weighted by atomic mass is 9.96. The van der Waals surface area contributed by atoms with Gasteiger partial charge in [0.2, 0.25) is 0 Å². The van der Waals surface area contributed by atoms with Crippen LogP contribution in [0.1, 0.15) is 19.4 Å². The number of nitro benzene ring substituents is 1. The number of benzene rings is 1. The number of nitrogens with zero attached hydrogens (tertiary/aromatic N) is 2. The molecule has 1 aliphatic carbocycles. The third-order valence-corrected chi connectivity index (χ3v) is 3.43. The number of rotatable bonds is 3. The van der Waals surface area contributed by atoms with E-state index >= 15 is 0 Å². The molecule has 0 heterocycles. The molecule has 22 heavy (non-hydrogen) atoms. The Morgan fingerprint density at radius 2 is 1.82 bits per heavy atom. The molecule has 0 aliphatic heterocycles. The van der Waals surface area contributed by atoms with E-state index in [2.05, 4.69) is 19.9 Å². The van der Waals surface area contributed by atoms with Crippen LogP contribution in [0.5, 0.6) is 0 Å². The van der Waals surface area contributed by atoms with E-state index in [1.54, 1.807) is 12.1 Å². The molecular formula is C18H16N2O2. The van der Waals surface area contributed by atoms with Crippen LogP contribution in [0.3, 0.4) is 0 Å². The van der Waals surface area contributed by atoms with Crippen LogP contribution in [0.4, 0.5) is 5.69 Å². The van der Waals surface area contributed by atoms with Crippen LogP contribution < -0.4 is 0 Å². The van der Waals surface area contributed by atoms with Crippen molar-refractivity contribution in [3.05, 3.63) is 81.5 Å². The van der Waals surface area contributed by atoms with Gasteiger partial charge in [0.05, 0.1) is 10.5 Å². The summed E-state index contributed by atoms with van der Waals surface area (Å²) in [4.78, 5) is 10.3. The van der Waals surface area contributed by atoms with Crippen LogP contribution in [-0.4, -0.2) is 4.92 Å². The van der Waals surface area contributed by atoms with Crippen LogP contribution in [-0.2, 0) is 0 Å². The smallest absolute Gasteiger partial charge is 0.258 e. The number of non-ortho nitro benzene ring substituents is 1. The van der Waals surface area contributed by atoms with Crippen molar-refractivity contribution in [1.29, 1.82) is 5.26 Å². The highest BCUT2D eigenvalue weighted by Gasteiger charge is 2.11. The molecule has 0 atom stereocenters. The van der Waals surface area contributed by atoms with Gasteiger partial charge in [0.25, 0.3) is 5.69 Å². The maximum Gasteiger partial charge on any atom is 0.269 e. The molecule has 0 fully saturated rings. The molecule has 0 bridgehead atoms. The molecular weight excluding hydrogens is 276 g/mol. The van der Waals surface area contributed by atoms with E-state index in [9.17, 15) is 15.4 Å². The van der Waals surface area contributed by atoms with Gasteiger partial charge in [-0.3, -0.25) is 10.1 Å². The van der Waals surface area contributed by atoms with Crippen molar-refractivity contribution >= 4 is 11.3 Å². The van der Waals surface area contributed by atoms with Gasteiger partial charge >= 0.3 is 0 Å². The van der Waals surface area contributed by atoms with E-state index in [-0.39, 0.29) is 5.69 Å². The minimum Gasteiger partial charge on any atom is -0.258 e. The Labute approximate surface area is 129 Å².